The second kappa shape index (κ2) is 3.72. The standard InChI is InChI=1S/C10H12N2/c1-3-5-8-6-9(11)7-12-10(8)4-2/h3-7H,1,11H2,2H3/b8-5-,10-4+. The minimum atomic E-state index is 0.675. The molecule has 62 valence electrons. The highest BCUT2D eigenvalue weighted by molar-refractivity contribution is 5.43. The van der Waals surface area contributed by atoms with Crippen LogP contribution < -0.4 is 16.3 Å². The highest BCUT2D eigenvalue weighted by Gasteiger charge is 1.86. The van der Waals surface area contributed by atoms with Crippen molar-refractivity contribution >= 4 is 17.8 Å². The second-order valence-electron chi connectivity index (χ2n) is 2.43. The van der Waals surface area contributed by atoms with Crippen molar-refractivity contribution in [1.82, 2.24) is 4.98 Å². The number of hydrogen-bond donors (Lipinski definition) is 1. The van der Waals surface area contributed by atoms with E-state index in [2.05, 4.69) is 11.6 Å². The van der Waals surface area contributed by atoms with Crippen LogP contribution in [0.2, 0.25) is 0 Å². The summed E-state index contributed by atoms with van der Waals surface area (Å²) < 4.78 is 0. The van der Waals surface area contributed by atoms with Crippen LogP contribution in [0.4, 0.5) is 5.69 Å². The van der Waals surface area contributed by atoms with Crippen LogP contribution in [0.25, 0.3) is 12.2 Å². The topological polar surface area (TPSA) is 38.9 Å². The van der Waals surface area contributed by atoms with Gasteiger partial charge in [-0.3, -0.25) is 4.98 Å². The fraction of sp³-hybridized carbons (Fsp3) is 0.100. The van der Waals surface area contributed by atoms with Gasteiger partial charge in [0.15, 0.2) is 0 Å². The Morgan fingerprint density at radius 2 is 2.33 bits per heavy atom. The Balaban J connectivity index is 3.53. The normalized spacial score (nSPS) is 13.4. The summed E-state index contributed by atoms with van der Waals surface area (Å²) in [7, 11) is 0. The molecule has 0 spiro atoms. The van der Waals surface area contributed by atoms with Gasteiger partial charge >= 0.3 is 0 Å². The Labute approximate surface area is 71.7 Å². The molecule has 2 heteroatoms. The third-order valence-electron chi connectivity index (χ3n) is 1.54. The van der Waals surface area contributed by atoms with Crippen molar-refractivity contribution in [3.63, 3.8) is 0 Å². The number of rotatable bonds is 1. The van der Waals surface area contributed by atoms with Gasteiger partial charge in [0, 0.05) is 5.22 Å². The molecule has 0 aliphatic rings. The Hall–Kier alpha value is -1.57. The predicted molar refractivity (Wildman–Crippen MR) is 52.7 cm³/mol. The SMILES string of the molecule is C=C/C=c1/cc(N)cn/c1=C/C. The minimum Gasteiger partial charge on any atom is -0.397 e. The number of pyridine rings is 1. The first-order chi connectivity index (χ1) is 5.77. The maximum Gasteiger partial charge on any atom is 0.0661 e. The molecule has 1 rings (SSSR count). The van der Waals surface area contributed by atoms with Gasteiger partial charge in [0.25, 0.3) is 0 Å². The largest absolute Gasteiger partial charge is 0.397 e. The molecule has 2 N–H and O–H groups in total. The molecule has 1 aromatic heterocycles. The molecule has 0 saturated carbocycles. The third-order valence-corrected chi connectivity index (χ3v) is 1.54. The third kappa shape index (κ3) is 1.72. The maximum atomic E-state index is 5.58. The van der Waals surface area contributed by atoms with Gasteiger partial charge in [0.2, 0.25) is 0 Å². The lowest BCUT2D eigenvalue weighted by atomic mass is 10.3. The Morgan fingerprint density at radius 3 is 2.92 bits per heavy atom. The summed E-state index contributed by atoms with van der Waals surface area (Å²) in [4.78, 5) is 4.16. The van der Waals surface area contributed by atoms with Crippen LogP contribution in [-0.4, -0.2) is 4.98 Å². The molecule has 1 aromatic rings. The average Bonchev–Trinajstić information content (AvgIpc) is 2.05. The number of allylic oxidation sites excluding steroid dienone is 1. The van der Waals surface area contributed by atoms with E-state index in [0.29, 0.717) is 5.69 Å². The zero-order chi connectivity index (χ0) is 8.97. The van der Waals surface area contributed by atoms with E-state index in [0.717, 1.165) is 10.6 Å². The zero-order valence-electron chi connectivity index (χ0n) is 7.12. The summed E-state index contributed by atoms with van der Waals surface area (Å²) in [5, 5.41) is 1.94. The molecule has 0 fully saturated rings. The van der Waals surface area contributed by atoms with E-state index in [1.54, 1.807) is 12.3 Å². The van der Waals surface area contributed by atoms with Crippen LogP contribution in [-0.2, 0) is 0 Å². The number of aromatic nitrogens is 1. The van der Waals surface area contributed by atoms with E-state index >= 15 is 0 Å². The molecule has 0 unspecified atom stereocenters. The molecule has 0 aromatic carbocycles. The molecule has 2 nitrogen and oxygen atoms in total. The van der Waals surface area contributed by atoms with Gasteiger partial charge in [-0.05, 0) is 13.0 Å². The van der Waals surface area contributed by atoms with E-state index in [-0.39, 0.29) is 0 Å². The lowest BCUT2D eigenvalue weighted by Crippen LogP contribution is -2.27. The molecule has 0 atom stereocenters. The molecule has 12 heavy (non-hydrogen) atoms. The van der Waals surface area contributed by atoms with Crippen LogP contribution in [0.15, 0.2) is 24.9 Å². The van der Waals surface area contributed by atoms with E-state index in [4.69, 9.17) is 5.73 Å². The first kappa shape index (κ1) is 8.53. The fourth-order valence-corrected chi connectivity index (χ4v) is 1.01. The van der Waals surface area contributed by atoms with Gasteiger partial charge in [0.05, 0.1) is 17.2 Å². The Morgan fingerprint density at radius 1 is 1.58 bits per heavy atom. The molecule has 0 aliphatic heterocycles. The fourth-order valence-electron chi connectivity index (χ4n) is 1.01. The van der Waals surface area contributed by atoms with E-state index in [9.17, 15) is 0 Å². The van der Waals surface area contributed by atoms with Gasteiger partial charge in [-0.2, -0.15) is 0 Å². The predicted octanol–water partition coefficient (Wildman–Crippen LogP) is 0.431. The monoisotopic (exact) mass is 160 g/mol. The molecule has 0 radical (unpaired) electrons. The number of anilines is 1. The van der Waals surface area contributed by atoms with Gasteiger partial charge in [-0.25, -0.2) is 0 Å². The summed E-state index contributed by atoms with van der Waals surface area (Å²) in [5.41, 5.74) is 6.26. The quantitative estimate of drug-likeness (QED) is 0.647. The number of nitrogens with two attached hydrogens (primary N) is 1. The maximum absolute atomic E-state index is 5.58. The average molecular weight is 160 g/mol. The zero-order valence-corrected chi connectivity index (χ0v) is 7.12. The van der Waals surface area contributed by atoms with Crippen molar-refractivity contribution in [3.05, 3.63) is 35.5 Å². The molecular formula is C10H12N2. The van der Waals surface area contributed by atoms with Crippen molar-refractivity contribution in [2.75, 3.05) is 5.73 Å². The number of hydrogen-bond acceptors (Lipinski definition) is 2. The highest BCUT2D eigenvalue weighted by atomic mass is 14.7. The van der Waals surface area contributed by atoms with Crippen LogP contribution in [0.5, 0.6) is 0 Å². The van der Waals surface area contributed by atoms with Crippen molar-refractivity contribution in [2.24, 2.45) is 0 Å². The highest BCUT2D eigenvalue weighted by Crippen LogP contribution is 1.86. The van der Waals surface area contributed by atoms with E-state index < -0.39 is 0 Å². The van der Waals surface area contributed by atoms with Crippen molar-refractivity contribution < 1.29 is 0 Å². The van der Waals surface area contributed by atoms with E-state index in [1.807, 2.05) is 25.1 Å². The smallest absolute Gasteiger partial charge is 0.0661 e. The first-order valence-electron chi connectivity index (χ1n) is 3.78. The van der Waals surface area contributed by atoms with Crippen molar-refractivity contribution in [2.45, 2.75) is 6.92 Å². The summed E-state index contributed by atoms with van der Waals surface area (Å²) in [6, 6.07) is 1.88. The van der Waals surface area contributed by atoms with Gasteiger partial charge in [-0.15, -0.1) is 0 Å². The Kier molecular flexibility index (Phi) is 2.64. The van der Waals surface area contributed by atoms with Gasteiger partial charge in [-0.1, -0.05) is 24.8 Å². The summed E-state index contributed by atoms with van der Waals surface area (Å²) >= 11 is 0. The first-order valence-corrected chi connectivity index (χ1v) is 3.78. The lowest BCUT2D eigenvalue weighted by Gasteiger charge is -1.91. The van der Waals surface area contributed by atoms with Crippen molar-refractivity contribution in [3.8, 4) is 0 Å². The van der Waals surface area contributed by atoms with Crippen molar-refractivity contribution in [1.29, 1.82) is 0 Å². The summed E-state index contributed by atoms with van der Waals surface area (Å²) in [6.07, 6.45) is 7.20. The van der Waals surface area contributed by atoms with Gasteiger partial charge < -0.3 is 5.73 Å². The van der Waals surface area contributed by atoms with Crippen LogP contribution in [0.3, 0.4) is 0 Å². The second-order valence-corrected chi connectivity index (χ2v) is 2.43. The number of nitrogen functional groups attached to an aromatic ring is 1. The molecule has 0 amide bonds. The van der Waals surface area contributed by atoms with Crippen LogP contribution in [0, 0.1) is 0 Å². The summed E-state index contributed by atoms with van der Waals surface area (Å²) in [5.74, 6) is 0. The molecule has 1 heterocycles. The minimum absolute atomic E-state index is 0.675. The van der Waals surface area contributed by atoms with Crippen LogP contribution in [0.1, 0.15) is 6.92 Å². The van der Waals surface area contributed by atoms with E-state index in [1.165, 1.54) is 0 Å². The lowest BCUT2D eigenvalue weighted by molar-refractivity contribution is 1.22. The molecule has 0 bridgehead atoms. The number of nitrogens with zero attached hydrogens (tertiary/aromatic N) is 1. The van der Waals surface area contributed by atoms with Crippen LogP contribution >= 0.6 is 0 Å². The Bertz CT molecular complexity index is 391. The molecule has 0 saturated heterocycles. The van der Waals surface area contributed by atoms with Gasteiger partial charge in [0.1, 0.15) is 0 Å². The molecular weight excluding hydrogens is 148 g/mol. The molecule has 0 aliphatic carbocycles. The summed E-state index contributed by atoms with van der Waals surface area (Å²) in [6.45, 7) is 5.57.